The maximum Gasteiger partial charge on any atom is 0.315 e. The van der Waals surface area contributed by atoms with Crippen LogP contribution in [-0.4, -0.2) is 60.5 Å². The highest BCUT2D eigenvalue weighted by Gasteiger charge is 2.41. The third-order valence-electron chi connectivity index (χ3n) is 7.65. The summed E-state index contributed by atoms with van der Waals surface area (Å²) in [6.45, 7) is 3.38. The molecule has 2 aromatic carbocycles. The fourth-order valence-corrected chi connectivity index (χ4v) is 5.64. The Bertz CT molecular complexity index is 1140. The van der Waals surface area contributed by atoms with Gasteiger partial charge in [-0.3, -0.25) is 9.58 Å². The van der Waals surface area contributed by atoms with Crippen molar-refractivity contribution < 1.29 is 4.79 Å². The van der Waals surface area contributed by atoms with Crippen LogP contribution >= 0.6 is 0 Å². The lowest BCUT2D eigenvalue weighted by Crippen LogP contribution is -2.56. The van der Waals surface area contributed by atoms with E-state index in [1.807, 2.05) is 30.3 Å². The first-order valence-corrected chi connectivity index (χ1v) is 12.6. The molecule has 6 rings (SSSR count). The minimum Gasteiger partial charge on any atom is -0.378 e. The van der Waals surface area contributed by atoms with Gasteiger partial charge in [0.05, 0.1) is 5.69 Å². The first-order valence-electron chi connectivity index (χ1n) is 12.6. The second kappa shape index (κ2) is 10.1. The average Bonchev–Trinajstić information content (AvgIpc) is 3.28. The van der Waals surface area contributed by atoms with E-state index in [4.69, 9.17) is 5.10 Å². The number of fused-ring (bicyclic) bond motifs is 3. The molecule has 4 atom stereocenters. The van der Waals surface area contributed by atoms with Gasteiger partial charge in [0.15, 0.2) is 0 Å². The summed E-state index contributed by atoms with van der Waals surface area (Å²) in [7, 11) is 6.18. The summed E-state index contributed by atoms with van der Waals surface area (Å²) in [4.78, 5) is 17.0. The van der Waals surface area contributed by atoms with Crippen molar-refractivity contribution in [3.05, 3.63) is 71.9 Å². The van der Waals surface area contributed by atoms with E-state index in [-0.39, 0.29) is 6.03 Å². The summed E-state index contributed by atoms with van der Waals surface area (Å²) in [5, 5.41) is 10.9. The molecule has 0 spiro atoms. The van der Waals surface area contributed by atoms with Gasteiger partial charge in [-0.25, -0.2) is 4.79 Å². The van der Waals surface area contributed by atoms with Gasteiger partial charge in [-0.05, 0) is 49.1 Å². The molecule has 2 N–H and O–H groups in total. The van der Waals surface area contributed by atoms with E-state index in [2.05, 4.69) is 76.6 Å². The number of hydrogen-bond acceptors (Lipinski definition) is 4. The molecule has 3 aliphatic rings. The van der Waals surface area contributed by atoms with Gasteiger partial charge in [0.2, 0.25) is 0 Å². The number of nitrogens with zero attached hydrogens (tertiary/aromatic N) is 4. The van der Waals surface area contributed by atoms with Crippen LogP contribution in [0, 0.1) is 5.92 Å². The number of anilines is 1. The molecule has 184 valence electrons. The SMILES string of the molecule is CN(C)c1ccc(-c2cc([C@H]3CN4CC[C@H]3C[C@@H]4CNC(=O)NCc3ccccc3)n(C)n2)cc1. The molecular weight excluding hydrogens is 436 g/mol. The molecule has 2 bridgehead atoms. The van der Waals surface area contributed by atoms with Crippen molar-refractivity contribution in [3.63, 3.8) is 0 Å². The fourth-order valence-electron chi connectivity index (χ4n) is 5.64. The summed E-state index contributed by atoms with van der Waals surface area (Å²) < 4.78 is 2.08. The first kappa shape index (κ1) is 23.4. The predicted molar refractivity (Wildman–Crippen MR) is 140 cm³/mol. The number of amides is 2. The normalized spacial score (nSPS) is 23.2. The number of carbonyl (C=O) groups excluding carboxylic acids is 1. The standard InChI is InChI=1S/C28H36N6O/c1-32(2)23-11-9-21(10-12-23)26-16-27(33(3)31-26)25-19-34-14-13-22(25)15-24(34)18-30-28(35)29-17-20-7-5-4-6-8-20/h4-12,16,22,24-25H,13-15,17-19H2,1-3H3,(H2,29,30,35)/t22-,24+,25-/m0/s1. The highest BCUT2D eigenvalue weighted by Crippen LogP contribution is 2.42. The van der Waals surface area contributed by atoms with Gasteiger partial charge in [-0.1, -0.05) is 42.5 Å². The van der Waals surface area contributed by atoms with E-state index in [9.17, 15) is 4.79 Å². The Kier molecular flexibility index (Phi) is 6.77. The second-order valence-electron chi connectivity index (χ2n) is 10.1. The lowest BCUT2D eigenvalue weighted by atomic mass is 9.74. The number of carbonyl (C=O) groups is 1. The minimum absolute atomic E-state index is 0.0930. The average molecular weight is 473 g/mol. The first-order chi connectivity index (χ1) is 17.0. The quantitative estimate of drug-likeness (QED) is 0.549. The summed E-state index contributed by atoms with van der Waals surface area (Å²) in [6, 6.07) is 21.2. The van der Waals surface area contributed by atoms with Gasteiger partial charge in [-0.2, -0.15) is 5.10 Å². The number of benzene rings is 2. The van der Waals surface area contributed by atoms with E-state index >= 15 is 0 Å². The molecule has 0 aliphatic carbocycles. The smallest absolute Gasteiger partial charge is 0.315 e. The van der Waals surface area contributed by atoms with Gasteiger partial charge in [0.1, 0.15) is 0 Å². The van der Waals surface area contributed by atoms with Crippen LogP contribution in [0.15, 0.2) is 60.7 Å². The van der Waals surface area contributed by atoms with Crippen LogP contribution in [0.25, 0.3) is 11.3 Å². The molecule has 0 radical (unpaired) electrons. The van der Waals surface area contributed by atoms with Crippen molar-refractivity contribution in [1.29, 1.82) is 0 Å². The predicted octanol–water partition coefficient (Wildman–Crippen LogP) is 3.83. The number of nitrogens with one attached hydrogen (secondary N) is 2. The highest BCUT2D eigenvalue weighted by atomic mass is 16.2. The van der Waals surface area contributed by atoms with E-state index in [0.29, 0.717) is 31.0 Å². The lowest BCUT2D eigenvalue weighted by molar-refractivity contribution is 0.0294. The summed E-state index contributed by atoms with van der Waals surface area (Å²) in [6.07, 6.45) is 2.32. The number of rotatable bonds is 7. The molecule has 1 unspecified atom stereocenters. The van der Waals surface area contributed by atoms with Crippen LogP contribution in [0.4, 0.5) is 10.5 Å². The lowest BCUT2D eigenvalue weighted by Gasteiger charge is -2.49. The molecular formula is C28H36N6O. The fraction of sp³-hybridized carbons (Fsp3) is 0.429. The Hall–Kier alpha value is -3.32. The zero-order valence-corrected chi connectivity index (χ0v) is 20.9. The molecule has 7 heteroatoms. The number of piperidine rings is 3. The van der Waals surface area contributed by atoms with Crippen LogP contribution in [0.5, 0.6) is 0 Å². The largest absolute Gasteiger partial charge is 0.378 e. The summed E-state index contributed by atoms with van der Waals surface area (Å²) in [5.41, 5.74) is 5.81. The third kappa shape index (κ3) is 5.20. The van der Waals surface area contributed by atoms with Gasteiger partial charge >= 0.3 is 6.03 Å². The maximum absolute atomic E-state index is 12.3. The van der Waals surface area contributed by atoms with E-state index < -0.39 is 0 Å². The van der Waals surface area contributed by atoms with Crippen LogP contribution in [-0.2, 0) is 13.6 Å². The van der Waals surface area contributed by atoms with Crippen molar-refractivity contribution in [1.82, 2.24) is 25.3 Å². The highest BCUT2D eigenvalue weighted by molar-refractivity contribution is 5.73. The van der Waals surface area contributed by atoms with Crippen molar-refractivity contribution in [2.75, 3.05) is 38.6 Å². The molecule has 3 saturated heterocycles. The van der Waals surface area contributed by atoms with Crippen LogP contribution in [0.3, 0.4) is 0 Å². The Labute approximate surface area is 208 Å². The van der Waals surface area contributed by atoms with Gasteiger partial charge in [0.25, 0.3) is 0 Å². The number of aromatic nitrogens is 2. The molecule has 0 saturated carbocycles. The van der Waals surface area contributed by atoms with E-state index in [1.165, 1.54) is 17.8 Å². The molecule has 35 heavy (non-hydrogen) atoms. The van der Waals surface area contributed by atoms with Crippen molar-refractivity contribution >= 4 is 11.7 Å². The van der Waals surface area contributed by atoms with Crippen molar-refractivity contribution in [2.24, 2.45) is 13.0 Å². The molecule has 3 fully saturated rings. The van der Waals surface area contributed by atoms with Crippen LogP contribution in [0.1, 0.15) is 30.0 Å². The van der Waals surface area contributed by atoms with Crippen LogP contribution < -0.4 is 15.5 Å². The minimum atomic E-state index is -0.0930. The van der Waals surface area contributed by atoms with Gasteiger partial charge in [0, 0.05) is 69.7 Å². The van der Waals surface area contributed by atoms with Crippen molar-refractivity contribution in [2.45, 2.75) is 31.3 Å². The summed E-state index contributed by atoms with van der Waals surface area (Å²) in [5.74, 6) is 1.11. The number of urea groups is 1. The number of hydrogen-bond donors (Lipinski definition) is 2. The Balaban J connectivity index is 1.18. The Morgan fingerprint density at radius 1 is 1.09 bits per heavy atom. The molecule has 7 nitrogen and oxygen atoms in total. The molecule has 3 aliphatic heterocycles. The molecule has 1 aromatic heterocycles. The zero-order chi connectivity index (χ0) is 24.4. The zero-order valence-electron chi connectivity index (χ0n) is 20.9. The maximum atomic E-state index is 12.3. The summed E-state index contributed by atoms with van der Waals surface area (Å²) >= 11 is 0. The monoisotopic (exact) mass is 472 g/mol. The molecule has 4 heterocycles. The van der Waals surface area contributed by atoms with Crippen LogP contribution in [0.2, 0.25) is 0 Å². The second-order valence-corrected chi connectivity index (χ2v) is 10.1. The molecule has 3 aromatic rings. The Morgan fingerprint density at radius 3 is 2.54 bits per heavy atom. The Morgan fingerprint density at radius 2 is 1.86 bits per heavy atom. The van der Waals surface area contributed by atoms with Crippen molar-refractivity contribution in [3.8, 4) is 11.3 Å². The molecule has 2 amide bonds. The van der Waals surface area contributed by atoms with Gasteiger partial charge < -0.3 is 15.5 Å². The number of aryl methyl sites for hydroxylation is 1. The topological polar surface area (TPSA) is 65.4 Å². The van der Waals surface area contributed by atoms with E-state index in [0.717, 1.165) is 36.3 Å². The third-order valence-corrected chi connectivity index (χ3v) is 7.65. The van der Waals surface area contributed by atoms with Gasteiger partial charge in [-0.15, -0.1) is 0 Å². The van der Waals surface area contributed by atoms with E-state index in [1.54, 1.807) is 0 Å².